The third kappa shape index (κ3) is 5.02. The molecule has 8 aromatic rings. The largest absolute Gasteiger partial charge is 0.310 e. The molecule has 8 aromatic carbocycles. The van der Waals surface area contributed by atoms with Crippen molar-refractivity contribution in [3.05, 3.63) is 199 Å². The van der Waals surface area contributed by atoms with Crippen molar-refractivity contribution in [2.24, 2.45) is 0 Å². The molecule has 0 unspecified atom stereocenters. The van der Waals surface area contributed by atoms with Crippen molar-refractivity contribution in [3.63, 3.8) is 0 Å². The monoisotopic (exact) mass is 639 g/mol. The predicted molar refractivity (Wildman–Crippen MR) is 213 cm³/mol. The first kappa shape index (κ1) is 29.9. The van der Waals surface area contributed by atoms with Crippen molar-refractivity contribution in [2.75, 3.05) is 4.90 Å². The average molecular weight is 640 g/mol. The van der Waals surface area contributed by atoms with E-state index in [2.05, 4.69) is 207 Å². The van der Waals surface area contributed by atoms with E-state index in [1.807, 2.05) is 0 Å². The minimum Gasteiger partial charge on any atom is -0.310 e. The van der Waals surface area contributed by atoms with Gasteiger partial charge in [-0.2, -0.15) is 0 Å². The highest BCUT2D eigenvalue weighted by Gasteiger charge is 2.37. The smallest absolute Gasteiger partial charge is 0.0540 e. The molecular weight excluding hydrogens is 603 g/mol. The SMILES string of the molecule is CC1(C)c2cc(-c3ccccc3)ccc2-c2c1ccc1c(N(c3ccc(-c4ccccc4)cc3)c3ccc(-c4ccccc4)cc3)cccc21. The van der Waals surface area contributed by atoms with Crippen molar-refractivity contribution in [1.29, 1.82) is 0 Å². The van der Waals surface area contributed by atoms with Crippen LogP contribution in [0.15, 0.2) is 188 Å². The summed E-state index contributed by atoms with van der Waals surface area (Å²) in [6, 6.07) is 68.5. The van der Waals surface area contributed by atoms with Crippen LogP contribution in [0.5, 0.6) is 0 Å². The van der Waals surface area contributed by atoms with Gasteiger partial charge in [0.1, 0.15) is 0 Å². The zero-order chi connectivity index (χ0) is 33.7. The topological polar surface area (TPSA) is 3.24 Å². The predicted octanol–water partition coefficient (Wildman–Crippen LogP) is 13.6. The Balaban J connectivity index is 1.21. The molecule has 0 fully saturated rings. The summed E-state index contributed by atoms with van der Waals surface area (Å²) < 4.78 is 0. The van der Waals surface area contributed by atoms with E-state index < -0.39 is 0 Å². The van der Waals surface area contributed by atoms with Gasteiger partial charge in [-0.3, -0.25) is 0 Å². The molecule has 0 atom stereocenters. The number of benzene rings is 8. The maximum Gasteiger partial charge on any atom is 0.0540 e. The molecule has 1 heteroatoms. The Hall–Kier alpha value is -6.18. The van der Waals surface area contributed by atoms with Crippen LogP contribution >= 0.6 is 0 Å². The number of rotatable bonds is 6. The number of hydrogen-bond donors (Lipinski definition) is 0. The van der Waals surface area contributed by atoms with Crippen molar-refractivity contribution >= 4 is 27.8 Å². The second-order valence-electron chi connectivity index (χ2n) is 13.8. The molecule has 0 amide bonds. The van der Waals surface area contributed by atoms with E-state index in [9.17, 15) is 0 Å². The second kappa shape index (κ2) is 12.1. The summed E-state index contributed by atoms with van der Waals surface area (Å²) >= 11 is 0. The minimum absolute atomic E-state index is 0.111. The molecule has 0 aromatic heterocycles. The molecular formula is C49H37N. The van der Waals surface area contributed by atoms with E-state index in [0.29, 0.717) is 0 Å². The third-order valence-electron chi connectivity index (χ3n) is 10.5. The van der Waals surface area contributed by atoms with E-state index in [4.69, 9.17) is 0 Å². The molecule has 1 nitrogen and oxygen atoms in total. The summed E-state index contributed by atoms with van der Waals surface area (Å²) in [6.45, 7) is 4.74. The van der Waals surface area contributed by atoms with Gasteiger partial charge in [0.25, 0.3) is 0 Å². The first-order valence-electron chi connectivity index (χ1n) is 17.4. The number of hydrogen-bond acceptors (Lipinski definition) is 1. The number of fused-ring (bicyclic) bond motifs is 5. The molecule has 50 heavy (non-hydrogen) atoms. The number of anilines is 3. The van der Waals surface area contributed by atoms with Gasteiger partial charge in [-0.1, -0.05) is 166 Å². The summed E-state index contributed by atoms with van der Waals surface area (Å²) in [4.78, 5) is 2.41. The van der Waals surface area contributed by atoms with Crippen molar-refractivity contribution in [3.8, 4) is 44.5 Å². The third-order valence-corrected chi connectivity index (χ3v) is 10.5. The lowest BCUT2D eigenvalue weighted by Crippen LogP contribution is -2.15. The Morgan fingerprint density at radius 3 is 1.38 bits per heavy atom. The van der Waals surface area contributed by atoms with E-state index in [-0.39, 0.29) is 5.41 Å². The molecule has 0 spiro atoms. The van der Waals surface area contributed by atoms with Crippen LogP contribution in [0.3, 0.4) is 0 Å². The van der Waals surface area contributed by atoms with E-state index in [1.54, 1.807) is 0 Å². The van der Waals surface area contributed by atoms with Gasteiger partial charge in [0.05, 0.1) is 5.69 Å². The van der Waals surface area contributed by atoms with Gasteiger partial charge in [-0.25, -0.2) is 0 Å². The van der Waals surface area contributed by atoms with Crippen LogP contribution in [0.25, 0.3) is 55.3 Å². The summed E-state index contributed by atoms with van der Waals surface area (Å²) in [7, 11) is 0. The number of nitrogens with zero attached hydrogens (tertiary/aromatic N) is 1. The highest BCUT2D eigenvalue weighted by atomic mass is 15.1. The van der Waals surface area contributed by atoms with E-state index >= 15 is 0 Å². The van der Waals surface area contributed by atoms with Crippen molar-refractivity contribution in [2.45, 2.75) is 19.3 Å². The highest BCUT2D eigenvalue weighted by molar-refractivity contribution is 6.09. The molecule has 0 saturated carbocycles. The lowest BCUT2D eigenvalue weighted by atomic mass is 9.81. The first-order chi connectivity index (χ1) is 24.6. The highest BCUT2D eigenvalue weighted by Crippen LogP contribution is 2.53. The molecule has 238 valence electrons. The van der Waals surface area contributed by atoms with Crippen LogP contribution in [0.1, 0.15) is 25.0 Å². The van der Waals surface area contributed by atoms with Gasteiger partial charge < -0.3 is 4.90 Å². The average Bonchev–Trinajstić information content (AvgIpc) is 3.42. The summed E-state index contributed by atoms with van der Waals surface area (Å²) in [5.41, 5.74) is 16.1. The molecule has 0 aliphatic heterocycles. The Bertz CT molecular complexity index is 2380. The van der Waals surface area contributed by atoms with Crippen LogP contribution < -0.4 is 4.90 Å². The summed E-state index contributed by atoms with van der Waals surface area (Å²) in [6.07, 6.45) is 0. The molecule has 0 saturated heterocycles. The fourth-order valence-corrected chi connectivity index (χ4v) is 7.88. The lowest BCUT2D eigenvalue weighted by molar-refractivity contribution is 0.661. The normalized spacial score (nSPS) is 12.8. The van der Waals surface area contributed by atoms with E-state index in [1.165, 1.54) is 66.4 Å². The van der Waals surface area contributed by atoms with Gasteiger partial charge in [0, 0.05) is 22.2 Å². The van der Waals surface area contributed by atoms with Crippen LogP contribution in [0.4, 0.5) is 17.1 Å². The Labute approximate surface area is 294 Å². The van der Waals surface area contributed by atoms with Gasteiger partial charge in [-0.15, -0.1) is 0 Å². The molecule has 1 aliphatic carbocycles. The first-order valence-corrected chi connectivity index (χ1v) is 17.4. The molecule has 9 rings (SSSR count). The maximum absolute atomic E-state index is 2.41. The summed E-state index contributed by atoms with van der Waals surface area (Å²) in [5.74, 6) is 0. The van der Waals surface area contributed by atoms with Gasteiger partial charge in [0.2, 0.25) is 0 Å². The zero-order valence-corrected chi connectivity index (χ0v) is 28.3. The molecule has 0 radical (unpaired) electrons. The van der Waals surface area contributed by atoms with Gasteiger partial charge >= 0.3 is 0 Å². The Kier molecular flexibility index (Phi) is 7.21. The van der Waals surface area contributed by atoms with Crippen LogP contribution in [-0.4, -0.2) is 0 Å². The quantitative estimate of drug-likeness (QED) is 0.175. The van der Waals surface area contributed by atoms with Gasteiger partial charge in [0.15, 0.2) is 0 Å². The fourth-order valence-electron chi connectivity index (χ4n) is 7.88. The van der Waals surface area contributed by atoms with Gasteiger partial charge in [-0.05, 0) is 97.4 Å². The molecule has 0 heterocycles. The molecule has 0 N–H and O–H groups in total. The van der Waals surface area contributed by atoms with Crippen molar-refractivity contribution < 1.29 is 0 Å². The Morgan fingerprint density at radius 1 is 0.360 bits per heavy atom. The zero-order valence-electron chi connectivity index (χ0n) is 28.3. The van der Waals surface area contributed by atoms with Crippen LogP contribution in [-0.2, 0) is 5.41 Å². The molecule has 0 bridgehead atoms. The van der Waals surface area contributed by atoms with Crippen LogP contribution in [0.2, 0.25) is 0 Å². The maximum atomic E-state index is 2.41. The summed E-state index contributed by atoms with van der Waals surface area (Å²) in [5, 5.41) is 2.52. The minimum atomic E-state index is -0.111. The Morgan fingerprint density at radius 2 is 0.840 bits per heavy atom. The molecule has 1 aliphatic rings. The second-order valence-corrected chi connectivity index (χ2v) is 13.8. The lowest BCUT2D eigenvalue weighted by Gasteiger charge is -2.28. The van der Waals surface area contributed by atoms with Crippen molar-refractivity contribution in [1.82, 2.24) is 0 Å². The fraction of sp³-hybridized carbons (Fsp3) is 0.0612. The van der Waals surface area contributed by atoms with E-state index in [0.717, 1.165) is 17.1 Å². The standard InChI is InChI=1S/C49H37N/c1-49(2)45-32-31-42-43(48(45)44-30-25-39(33-46(44)49)36-17-10-5-11-18-36)19-12-20-47(42)50(40-26-21-37(22-27-40)34-13-6-3-7-14-34)41-28-23-38(24-29-41)35-15-8-4-9-16-35/h3-33H,1-2H3. The van der Waals surface area contributed by atoms with Crippen LogP contribution in [0, 0.1) is 0 Å².